The summed E-state index contributed by atoms with van der Waals surface area (Å²) in [5, 5.41) is 2.69. The van der Waals surface area contributed by atoms with Gasteiger partial charge in [0.25, 0.3) is 0 Å². The maximum atomic E-state index is 11.3. The molecule has 0 heterocycles. The van der Waals surface area contributed by atoms with E-state index in [0.717, 1.165) is 11.3 Å². The van der Waals surface area contributed by atoms with E-state index in [1.165, 1.54) is 0 Å². The molecule has 0 saturated heterocycles. The van der Waals surface area contributed by atoms with Crippen LogP contribution in [-0.2, 0) is 4.74 Å². The fraction of sp³-hybridized carbons (Fsp3) is 0.417. The summed E-state index contributed by atoms with van der Waals surface area (Å²) in [6, 6.07) is 7.13. The summed E-state index contributed by atoms with van der Waals surface area (Å²) in [5.74, 6) is 0.764. The Balaban J connectivity index is 2.68. The highest BCUT2D eigenvalue weighted by atomic mass is 16.5. The second kappa shape index (κ2) is 6.75. The molecule has 1 amide bonds. The van der Waals surface area contributed by atoms with Crippen LogP contribution in [0.4, 0.5) is 4.79 Å². The smallest absolute Gasteiger partial charge is 0.407 e. The molecule has 0 aliphatic heterocycles. The third-order valence-corrected chi connectivity index (χ3v) is 2.32. The molecule has 0 spiro atoms. The van der Waals surface area contributed by atoms with Gasteiger partial charge >= 0.3 is 6.09 Å². The molecular formula is C12H18N2O3. The van der Waals surface area contributed by atoms with Gasteiger partial charge in [0, 0.05) is 6.54 Å². The van der Waals surface area contributed by atoms with Gasteiger partial charge in [0.1, 0.15) is 5.75 Å². The van der Waals surface area contributed by atoms with Gasteiger partial charge in [0.15, 0.2) is 0 Å². The average molecular weight is 238 g/mol. The van der Waals surface area contributed by atoms with Gasteiger partial charge in [-0.25, -0.2) is 4.79 Å². The molecular weight excluding hydrogens is 220 g/mol. The zero-order valence-electron chi connectivity index (χ0n) is 10.1. The van der Waals surface area contributed by atoms with Crippen molar-refractivity contribution >= 4 is 6.09 Å². The minimum atomic E-state index is -0.459. The SMILES string of the molecule is CCOC(=O)NC(CN)c1ccc(OC)cc1. The number of nitrogens with one attached hydrogen (secondary N) is 1. The van der Waals surface area contributed by atoms with E-state index >= 15 is 0 Å². The van der Waals surface area contributed by atoms with Crippen molar-refractivity contribution in [1.82, 2.24) is 5.32 Å². The highest BCUT2D eigenvalue weighted by molar-refractivity contribution is 5.67. The number of ether oxygens (including phenoxy) is 2. The van der Waals surface area contributed by atoms with Crippen LogP contribution in [-0.4, -0.2) is 26.4 Å². The second-order valence-electron chi connectivity index (χ2n) is 3.43. The third kappa shape index (κ3) is 3.96. The summed E-state index contributed by atoms with van der Waals surface area (Å²) < 4.78 is 9.87. The normalized spacial score (nSPS) is 11.7. The zero-order valence-corrected chi connectivity index (χ0v) is 10.1. The number of rotatable bonds is 5. The Morgan fingerprint density at radius 2 is 2.06 bits per heavy atom. The van der Waals surface area contributed by atoms with Crippen LogP contribution in [0.25, 0.3) is 0 Å². The Morgan fingerprint density at radius 3 is 2.53 bits per heavy atom. The molecule has 0 aromatic heterocycles. The summed E-state index contributed by atoms with van der Waals surface area (Å²) in [5.41, 5.74) is 6.54. The molecule has 5 nitrogen and oxygen atoms in total. The number of benzene rings is 1. The summed E-state index contributed by atoms with van der Waals surface area (Å²) in [7, 11) is 1.60. The van der Waals surface area contributed by atoms with Gasteiger partial charge in [-0.15, -0.1) is 0 Å². The fourth-order valence-corrected chi connectivity index (χ4v) is 1.43. The first kappa shape index (κ1) is 13.3. The quantitative estimate of drug-likeness (QED) is 0.814. The third-order valence-electron chi connectivity index (χ3n) is 2.32. The molecule has 1 aromatic carbocycles. The van der Waals surface area contributed by atoms with E-state index in [2.05, 4.69) is 5.32 Å². The fourth-order valence-electron chi connectivity index (χ4n) is 1.43. The van der Waals surface area contributed by atoms with Crippen LogP contribution in [0.15, 0.2) is 24.3 Å². The molecule has 0 radical (unpaired) electrons. The van der Waals surface area contributed by atoms with Crippen molar-refractivity contribution in [2.75, 3.05) is 20.3 Å². The lowest BCUT2D eigenvalue weighted by atomic mass is 10.1. The van der Waals surface area contributed by atoms with Gasteiger partial charge in [-0.3, -0.25) is 0 Å². The maximum Gasteiger partial charge on any atom is 0.407 e. The van der Waals surface area contributed by atoms with Crippen molar-refractivity contribution in [1.29, 1.82) is 0 Å². The Hall–Kier alpha value is -1.75. The van der Waals surface area contributed by atoms with Gasteiger partial charge in [0.05, 0.1) is 19.8 Å². The first-order valence-electron chi connectivity index (χ1n) is 5.48. The Morgan fingerprint density at radius 1 is 1.41 bits per heavy atom. The molecule has 3 N–H and O–H groups in total. The minimum absolute atomic E-state index is 0.250. The van der Waals surface area contributed by atoms with Crippen molar-refractivity contribution in [3.63, 3.8) is 0 Å². The van der Waals surface area contributed by atoms with Gasteiger partial charge in [-0.1, -0.05) is 12.1 Å². The molecule has 5 heteroatoms. The van der Waals surface area contributed by atoms with Crippen LogP contribution >= 0.6 is 0 Å². The number of hydrogen-bond donors (Lipinski definition) is 2. The molecule has 94 valence electrons. The van der Waals surface area contributed by atoms with Crippen molar-refractivity contribution in [3.8, 4) is 5.75 Å². The van der Waals surface area contributed by atoms with Crippen LogP contribution in [0.2, 0.25) is 0 Å². The maximum absolute atomic E-state index is 11.3. The largest absolute Gasteiger partial charge is 0.497 e. The highest BCUT2D eigenvalue weighted by Crippen LogP contribution is 2.16. The molecule has 0 bridgehead atoms. The number of methoxy groups -OCH3 is 1. The molecule has 0 saturated carbocycles. The minimum Gasteiger partial charge on any atom is -0.497 e. The topological polar surface area (TPSA) is 73.6 Å². The molecule has 0 aliphatic carbocycles. The molecule has 1 atom stereocenters. The summed E-state index contributed by atoms with van der Waals surface area (Å²) in [4.78, 5) is 11.3. The first-order chi connectivity index (χ1) is 8.21. The van der Waals surface area contributed by atoms with Crippen LogP contribution in [0.1, 0.15) is 18.5 Å². The van der Waals surface area contributed by atoms with Crippen LogP contribution in [0, 0.1) is 0 Å². The highest BCUT2D eigenvalue weighted by Gasteiger charge is 2.13. The number of amides is 1. The average Bonchev–Trinajstić information content (AvgIpc) is 2.36. The summed E-state index contributed by atoms with van der Waals surface area (Å²) in [6.45, 7) is 2.40. The van der Waals surface area contributed by atoms with Crippen molar-refractivity contribution in [3.05, 3.63) is 29.8 Å². The number of carbonyl (C=O) groups excluding carboxylic acids is 1. The van der Waals surface area contributed by atoms with E-state index < -0.39 is 6.09 Å². The Kier molecular flexibility index (Phi) is 5.29. The van der Waals surface area contributed by atoms with Gasteiger partial charge < -0.3 is 20.5 Å². The zero-order chi connectivity index (χ0) is 12.7. The van der Waals surface area contributed by atoms with Crippen LogP contribution in [0.3, 0.4) is 0 Å². The van der Waals surface area contributed by atoms with E-state index in [0.29, 0.717) is 13.2 Å². The molecule has 1 rings (SSSR count). The standard InChI is InChI=1S/C12H18N2O3/c1-3-17-12(15)14-11(8-13)9-4-6-10(16-2)7-5-9/h4-7,11H,3,8,13H2,1-2H3,(H,14,15). The van der Waals surface area contributed by atoms with E-state index in [1.807, 2.05) is 24.3 Å². The Labute approximate surface area is 101 Å². The van der Waals surface area contributed by atoms with Crippen LogP contribution < -0.4 is 15.8 Å². The van der Waals surface area contributed by atoms with Gasteiger partial charge in [-0.2, -0.15) is 0 Å². The van der Waals surface area contributed by atoms with Crippen LogP contribution in [0.5, 0.6) is 5.75 Å². The summed E-state index contributed by atoms with van der Waals surface area (Å²) in [6.07, 6.45) is -0.459. The number of alkyl carbamates (subject to hydrolysis) is 1. The molecule has 1 aromatic rings. The molecule has 0 aliphatic rings. The molecule has 1 unspecified atom stereocenters. The van der Waals surface area contributed by atoms with Crippen molar-refractivity contribution in [2.45, 2.75) is 13.0 Å². The van der Waals surface area contributed by atoms with E-state index in [9.17, 15) is 4.79 Å². The van der Waals surface area contributed by atoms with E-state index in [4.69, 9.17) is 15.2 Å². The number of hydrogen-bond acceptors (Lipinski definition) is 4. The van der Waals surface area contributed by atoms with E-state index in [-0.39, 0.29) is 6.04 Å². The lowest BCUT2D eigenvalue weighted by Gasteiger charge is -2.17. The number of nitrogens with two attached hydrogens (primary N) is 1. The monoisotopic (exact) mass is 238 g/mol. The second-order valence-corrected chi connectivity index (χ2v) is 3.43. The molecule has 17 heavy (non-hydrogen) atoms. The predicted octanol–water partition coefficient (Wildman–Crippen LogP) is 1.44. The van der Waals surface area contributed by atoms with Gasteiger partial charge in [0.2, 0.25) is 0 Å². The lowest BCUT2D eigenvalue weighted by molar-refractivity contribution is 0.148. The predicted molar refractivity (Wildman–Crippen MR) is 64.9 cm³/mol. The lowest BCUT2D eigenvalue weighted by Crippen LogP contribution is -2.33. The Bertz CT molecular complexity index is 351. The summed E-state index contributed by atoms with van der Waals surface area (Å²) >= 11 is 0. The first-order valence-corrected chi connectivity index (χ1v) is 5.48. The van der Waals surface area contributed by atoms with Crippen molar-refractivity contribution < 1.29 is 14.3 Å². The van der Waals surface area contributed by atoms with Crippen molar-refractivity contribution in [2.24, 2.45) is 5.73 Å². The molecule has 0 fully saturated rings. The van der Waals surface area contributed by atoms with Gasteiger partial charge in [-0.05, 0) is 24.6 Å². The number of carbonyl (C=O) groups is 1. The van der Waals surface area contributed by atoms with E-state index in [1.54, 1.807) is 14.0 Å².